The van der Waals surface area contributed by atoms with Gasteiger partial charge in [0.15, 0.2) is 5.16 Å². The van der Waals surface area contributed by atoms with Gasteiger partial charge in [0.1, 0.15) is 0 Å². The van der Waals surface area contributed by atoms with E-state index in [4.69, 9.17) is 5.73 Å². The fourth-order valence-corrected chi connectivity index (χ4v) is 2.25. The zero-order valence-corrected chi connectivity index (χ0v) is 6.34. The SMILES string of the molecule is NCC1CSc2nccn21. The Kier molecular flexibility index (Phi) is 1.43. The third-order valence-electron chi connectivity index (χ3n) is 1.70. The molecule has 2 rings (SSSR count). The molecule has 0 amide bonds. The molecule has 0 bridgehead atoms. The molecule has 2 N–H and O–H groups in total. The zero-order valence-electron chi connectivity index (χ0n) is 5.53. The van der Waals surface area contributed by atoms with E-state index in [1.807, 2.05) is 12.4 Å². The van der Waals surface area contributed by atoms with E-state index in [1.54, 1.807) is 11.8 Å². The van der Waals surface area contributed by atoms with E-state index in [0.717, 1.165) is 17.5 Å². The summed E-state index contributed by atoms with van der Waals surface area (Å²) in [5, 5.41) is 1.11. The molecule has 1 aromatic rings. The normalized spacial score (nSPS) is 23.1. The van der Waals surface area contributed by atoms with Crippen molar-refractivity contribution in [2.45, 2.75) is 11.2 Å². The minimum atomic E-state index is 0.475. The average Bonchev–Trinajstić information content (AvgIpc) is 2.44. The van der Waals surface area contributed by atoms with E-state index in [-0.39, 0.29) is 0 Å². The third-order valence-corrected chi connectivity index (χ3v) is 2.83. The second-order valence-electron chi connectivity index (χ2n) is 2.32. The summed E-state index contributed by atoms with van der Waals surface area (Å²) in [5.41, 5.74) is 5.55. The quantitative estimate of drug-likeness (QED) is 0.642. The number of thioether (sulfide) groups is 1. The summed E-state index contributed by atoms with van der Waals surface area (Å²) < 4.78 is 2.14. The maximum Gasteiger partial charge on any atom is 0.168 e. The average molecular weight is 155 g/mol. The fraction of sp³-hybridized carbons (Fsp3) is 0.500. The van der Waals surface area contributed by atoms with E-state index in [9.17, 15) is 0 Å². The summed E-state index contributed by atoms with van der Waals surface area (Å²) in [6, 6.07) is 0.475. The van der Waals surface area contributed by atoms with Gasteiger partial charge in [0.25, 0.3) is 0 Å². The standard InChI is InChI=1S/C6H9N3S/c7-3-5-4-10-6-8-1-2-9(5)6/h1-2,5H,3-4,7H2. The van der Waals surface area contributed by atoms with Crippen molar-refractivity contribution in [3.05, 3.63) is 12.4 Å². The van der Waals surface area contributed by atoms with Gasteiger partial charge in [-0.2, -0.15) is 0 Å². The number of fused-ring (bicyclic) bond motifs is 1. The van der Waals surface area contributed by atoms with Gasteiger partial charge in [0.2, 0.25) is 0 Å². The van der Waals surface area contributed by atoms with Crippen LogP contribution in [0.15, 0.2) is 17.6 Å². The van der Waals surface area contributed by atoms with Crippen LogP contribution in [-0.4, -0.2) is 21.8 Å². The highest BCUT2D eigenvalue weighted by Gasteiger charge is 2.20. The smallest absolute Gasteiger partial charge is 0.168 e. The highest BCUT2D eigenvalue weighted by atomic mass is 32.2. The Morgan fingerprint density at radius 3 is 3.60 bits per heavy atom. The van der Waals surface area contributed by atoms with Crippen LogP contribution in [0, 0.1) is 0 Å². The molecule has 1 aliphatic rings. The molecule has 1 aliphatic heterocycles. The van der Waals surface area contributed by atoms with Crippen molar-refractivity contribution < 1.29 is 0 Å². The lowest BCUT2D eigenvalue weighted by atomic mass is 10.3. The molecule has 54 valence electrons. The predicted molar refractivity (Wildman–Crippen MR) is 41.0 cm³/mol. The van der Waals surface area contributed by atoms with Gasteiger partial charge in [-0.05, 0) is 0 Å². The summed E-state index contributed by atoms with van der Waals surface area (Å²) in [6.07, 6.45) is 3.82. The highest BCUT2D eigenvalue weighted by Crippen LogP contribution is 2.30. The Balaban J connectivity index is 2.34. The van der Waals surface area contributed by atoms with Gasteiger partial charge in [-0.3, -0.25) is 0 Å². The second kappa shape index (κ2) is 2.29. The zero-order chi connectivity index (χ0) is 6.97. The van der Waals surface area contributed by atoms with Gasteiger partial charge in [-0.25, -0.2) is 4.98 Å². The number of hydrogen-bond donors (Lipinski definition) is 1. The molecule has 1 atom stereocenters. The number of hydrogen-bond acceptors (Lipinski definition) is 3. The molecule has 3 nitrogen and oxygen atoms in total. The van der Waals surface area contributed by atoms with Gasteiger partial charge < -0.3 is 10.3 Å². The monoisotopic (exact) mass is 155 g/mol. The largest absolute Gasteiger partial charge is 0.328 e. The lowest BCUT2D eigenvalue weighted by Gasteiger charge is -2.06. The van der Waals surface area contributed by atoms with Crippen LogP contribution in [0.25, 0.3) is 0 Å². The van der Waals surface area contributed by atoms with Crippen LogP contribution in [0.2, 0.25) is 0 Å². The van der Waals surface area contributed by atoms with Crippen LogP contribution in [0.5, 0.6) is 0 Å². The van der Waals surface area contributed by atoms with Gasteiger partial charge in [-0.1, -0.05) is 11.8 Å². The van der Waals surface area contributed by atoms with Crippen molar-refractivity contribution in [2.24, 2.45) is 5.73 Å². The molecule has 0 saturated carbocycles. The van der Waals surface area contributed by atoms with Crippen molar-refractivity contribution in [2.75, 3.05) is 12.3 Å². The van der Waals surface area contributed by atoms with E-state index < -0.39 is 0 Å². The molecular formula is C6H9N3S. The first-order chi connectivity index (χ1) is 4.92. The van der Waals surface area contributed by atoms with Crippen LogP contribution in [0.4, 0.5) is 0 Å². The first kappa shape index (κ1) is 6.24. The highest BCUT2D eigenvalue weighted by molar-refractivity contribution is 7.99. The van der Waals surface area contributed by atoms with Crippen molar-refractivity contribution in [3.63, 3.8) is 0 Å². The first-order valence-corrected chi connectivity index (χ1v) is 4.26. The van der Waals surface area contributed by atoms with Gasteiger partial charge in [0.05, 0.1) is 6.04 Å². The molecular weight excluding hydrogens is 146 g/mol. The van der Waals surface area contributed by atoms with Crippen molar-refractivity contribution in [3.8, 4) is 0 Å². The van der Waals surface area contributed by atoms with E-state index in [0.29, 0.717) is 6.04 Å². The summed E-state index contributed by atoms with van der Waals surface area (Å²) >= 11 is 1.78. The van der Waals surface area contributed by atoms with E-state index in [2.05, 4.69) is 9.55 Å². The first-order valence-electron chi connectivity index (χ1n) is 3.27. The molecule has 2 heterocycles. The Labute approximate surface area is 63.6 Å². The molecule has 0 fully saturated rings. The molecule has 1 unspecified atom stereocenters. The number of nitrogens with two attached hydrogens (primary N) is 1. The molecule has 4 heteroatoms. The molecule has 0 saturated heterocycles. The topological polar surface area (TPSA) is 43.8 Å². The van der Waals surface area contributed by atoms with Crippen molar-refractivity contribution in [1.82, 2.24) is 9.55 Å². The lowest BCUT2D eigenvalue weighted by Crippen LogP contribution is -2.16. The Hall–Kier alpha value is -0.480. The minimum absolute atomic E-state index is 0.475. The molecule has 0 spiro atoms. The van der Waals surface area contributed by atoms with E-state index >= 15 is 0 Å². The molecule has 1 aromatic heterocycles. The predicted octanol–water partition coefficient (Wildman–Crippen LogP) is 0.489. The van der Waals surface area contributed by atoms with Gasteiger partial charge >= 0.3 is 0 Å². The number of nitrogens with zero attached hydrogens (tertiary/aromatic N) is 2. The fourth-order valence-electron chi connectivity index (χ4n) is 1.12. The van der Waals surface area contributed by atoms with Gasteiger partial charge in [0, 0.05) is 24.7 Å². The molecule has 10 heavy (non-hydrogen) atoms. The Morgan fingerprint density at radius 1 is 1.90 bits per heavy atom. The molecule has 0 radical (unpaired) electrons. The van der Waals surface area contributed by atoms with Crippen molar-refractivity contribution in [1.29, 1.82) is 0 Å². The Bertz CT molecular complexity index is 233. The molecule has 0 aromatic carbocycles. The summed E-state index contributed by atoms with van der Waals surface area (Å²) in [7, 11) is 0. The second-order valence-corrected chi connectivity index (χ2v) is 3.30. The maximum absolute atomic E-state index is 5.55. The summed E-state index contributed by atoms with van der Waals surface area (Å²) in [6.45, 7) is 0.719. The maximum atomic E-state index is 5.55. The number of imidazole rings is 1. The van der Waals surface area contributed by atoms with Crippen LogP contribution >= 0.6 is 11.8 Å². The number of aromatic nitrogens is 2. The van der Waals surface area contributed by atoms with Crippen LogP contribution in [0.3, 0.4) is 0 Å². The van der Waals surface area contributed by atoms with Crippen LogP contribution in [-0.2, 0) is 0 Å². The summed E-state index contributed by atoms with van der Waals surface area (Å²) in [5.74, 6) is 1.08. The molecule has 0 aliphatic carbocycles. The van der Waals surface area contributed by atoms with Crippen LogP contribution in [0.1, 0.15) is 6.04 Å². The van der Waals surface area contributed by atoms with Crippen molar-refractivity contribution >= 4 is 11.8 Å². The number of rotatable bonds is 1. The van der Waals surface area contributed by atoms with E-state index in [1.165, 1.54) is 0 Å². The van der Waals surface area contributed by atoms with Crippen LogP contribution < -0.4 is 5.73 Å². The lowest BCUT2D eigenvalue weighted by molar-refractivity contribution is 0.546. The minimum Gasteiger partial charge on any atom is -0.328 e. The Morgan fingerprint density at radius 2 is 2.80 bits per heavy atom. The summed E-state index contributed by atoms with van der Waals surface area (Å²) in [4.78, 5) is 4.17. The van der Waals surface area contributed by atoms with Gasteiger partial charge in [-0.15, -0.1) is 0 Å². The third kappa shape index (κ3) is 0.759.